The molecule has 0 radical (unpaired) electrons. The van der Waals surface area contributed by atoms with Gasteiger partial charge in [-0.1, -0.05) is 20.8 Å². The van der Waals surface area contributed by atoms with Crippen LogP contribution in [0.3, 0.4) is 0 Å². The summed E-state index contributed by atoms with van der Waals surface area (Å²) < 4.78 is 0. The molecule has 23 heavy (non-hydrogen) atoms. The second-order valence-electron chi connectivity index (χ2n) is 7.08. The molecule has 1 saturated heterocycles. The molecular weight excluding hydrogens is 294 g/mol. The van der Waals surface area contributed by atoms with Crippen molar-refractivity contribution in [3.8, 4) is 0 Å². The van der Waals surface area contributed by atoms with Gasteiger partial charge in [-0.15, -0.1) is 0 Å². The summed E-state index contributed by atoms with van der Waals surface area (Å²) in [4.78, 5) is 30.0. The molecule has 0 spiro atoms. The lowest BCUT2D eigenvalue weighted by Crippen LogP contribution is -2.53. The average Bonchev–Trinajstić information content (AvgIpc) is 2.99. The molecule has 1 aromatic rings. The Morgan fingerprint density at radius 2 is 1.78 bits per heavy atom. The Bertz CT molecular complexity index is 548. The Labute approximate surface area is 136 Å². The molecule has 6 nitrogen and oxygen atoms in total. The van der Waals surface area contributed by atoms with Gasteiger partial charge in [0.05, 0.1) is 0 Å². The van der Waals surface area contributed by atoms with Crippen LogP contribution in [0.5, 0.6) is 0 Å². The molecule has 1 fully saturated rings. The molecule has 126 valence electrons. The first-order valence-corrected chi connectivity index (χ1v) is 7.99. The number of amides is 2. The predicted molar refractivity (Wildman–Crippen MR) is 87.2 cm³/mol. The minimum Gasteiger partial charge on any atom is -0.465 e. The summed E-state index contributed by atoms with van der Waals surface area (Å²) in [6, 6.07) is 2.90. The first kappa shape index (κ1) is 17.2. The van der Waals surface area contributed by atoms with Crippen molar-refractivity contribution in [3.05, 3.63) is 30.1 Å². The lowest BCUT2D eigenvalue weighted by molar-refractivity contribution is -0.133. The van der Waals surface area contributed by atoms with Crippen LogP contribution in [0, 0.1) is 5.41 Å². The Kier molecular flexibility index (Phi) is 5.23. The molecule has 6 heteroatoms. The quantitative estimate of drug-likeness (QED) is 0.893. The van der Waals surface area contributed by atoms with Gasteiger partial charge in [-0.3, -0.25) is 9.78 Å². The predicted octanol–water partition coefficient (Wildman–Crippen LogP) is 2.47. The van der Waals surface area contributed by atoms with Crippen LogP contribution in [0.25, 0.3) is 0 Å². The Hall–Kier alpha value is -2.11. The zero-order chi connectivity index (χ0) is 17.0. The number of aromatic nitrogens is 1. The summed E-state index contributed by atoms with van der Waals surface area (Å²) in [5, 5.41) is 11.7. The summed E-state index contributed by atoms with van der Waals surface area (Å²) in [7, 11) is 0. The van der Waals surface area contributed by atoms with Crippen molar-refractivity contribution in [1.29, 1.82) is 0 Å². The minimum absolute atomic E-state index is 0.137. The van der Waals surface area contributed by atoms with E-state index in [9.17, 15) is 14.7 Å². The van der Waals surface area contributed by atoms with E-state index in [2.05, 4.69) is 10.3 Å². The van der Waals surface area contributed by atoms with Gasteiger partial charge in [0.15, 0.2) is 0 Å². The number of carbonyl (C=O) groups excluding carboxylic acids is 1. The SMILES string of the molecule is CC(C)(C)[C@@H](c1ccncc1)C(NC(=O)O)C(=O)N1CCCC1. The van der Waals surface area contributed by atoms with Crippen molar-refractivity contribution in [3.63, 3.8) is 0 Å². The van der Waals surface area contributed by atoms with Gasteiger partial charge < -0.3 is 15.3 Å². The van der Waals surface area contributed by atoms with Crippen molar-refractivity contribution in [2.45, 2.75) is 45.6 Å². The zero-order valence-corrected chi connectivity index (χ0v) is 14.0. The molecule has 0 saturated carbocycles. The highest BCUT2D eigenvalue weighted by Crippen LogP contribution is 2.38. The number of hydrogen-bond donors (Lipinski definition) is 2. The number of nitrogens with zero attached hydrogens (tertiary/aromatic N) is 2. The second-order valence-corrected chi connectivity index (χ2v) is 7.08. The maximum Gasteiger partial charge on any atom is 0.405 e. The van der Waals surface area contributed by atoms with Gasteiger partial charge in [0.2, 0.25) is 5.91 Å². The molecule has 2 rings (SSSR count). The molecule has 2 N–H and O–H groups in total. The van der Waals surface area contributed by atoms with E-state index >= 15 is 0 Å². The number of carbonyl (C=O) groups is 2. The van der Waals surface area contributed by atoms with Crippen LogP contribution in [-0.2, 0) is 4.79 Å². The largest absolute Gasteiger partial charge is 0.465 e. The van der Waals surface area contributed by atoms with Crippen LogP contribution < -0.4 is 5.32 Å². The molecule has 2 heterocycles. The van der Waals surface area contributed by atoms with Gasteiger partial charge in [0.25, 0.3) is 0 Å². The molecule has 0 bridgehead atoms. The highest BCUT2D eigenvalue weighted by atomic mass is 16.4. The number of rotatable bonds is 4. The second kappa shape index (κ2) is 6.98. The van der Waals surface area contributed by atoms with Gasteiger partial charge in [0.1, 0.15) is 6.04 Å². The number of likely N-dealkylation sites (tertiary alicyclic amines) is 1. The molecule has 0 aromatic carbocycles. The van der Waals surface area contributed by atoms with Crippen LogP contribution in [0.4, 0.5) is 4.79 Å². The number of pyridine rings is 1. The third kappa shape index (κ3) is 4.21. The van der Waals surface area contributed by atoms with Crippen molar-refractivity contribution in [2.75, 3.05) is 13.1 Å². The lowest BCUT2D eigenvalue weighted by atomic mass is 9.72. The third-order valence-corrected chi connectivity index (χ3v) is 4.29. The van der Waals surface area contributed by atoms with Crippen molar-refractivity contribution in [1.82, 2.24) is 15.2 Å². The fourth-order valence-corrected chi connectivity index (χ4v) is 3.32. The topological polar surface area (TPSA) is 82.5 Å². The van der Waals surface area contributed by atoms with Crippen molar-refractivity contribution in [2.24, 2.45) is 5.41 Å². The Morgan fingerprint density at radius 1 is 1.22 bits per heavy atom. The Morgan fingerprint density at radius 3 is 2.26 bits per heavy atom. The zero-order valence-electron chi connectivity index (χ0n) is 14.0. The molecule has 2 atom stereocenters. The molecule has 1 aromatic heterocycles. The van der Waals surface area contributed by atoms with Crippen molar-refractivity contribution < 1.29 is 14.7 Å². The third-order valence-electron chi connectivity index (χ3n) is 4.29. The number of carboxylic acid groups (broad SMARTS) is 1. The lowest BCUT2D eigenvalue weighted by Gasteiger charge is -2.38. The van der Waals surface area contributed by atoms with E-state index in [1.807, 2.05) is 32.9 Å². The van der Waals surface area contributed by atoms with Gasteiger partial charge in [-0.2, -0.15) is 0 Å². The van der Waals surface area contributed by atoms with Gasteiger partial charge in [0, 0.05) is 31.4 Å². The fraction of sp³-hybridized carbons (Fsp3) is 0.588. The van der Waals surface area contributed by atoms with E-state index in [0.717, 1.165) is 18.4 Å². The molecule has 1 unspecified atom stereocenters. The molecule has 0 aliphatic carbocycles. The standard InChI is InChI=1S/C17H25N3O3/c1-17(2,3)13(12-6-8-18-9-7-12)14(19-16(22)23)15(21)20-10-4-5-11-20/h6-9,13-14,19H,4-5,10-11H2,1-3H3,(H,22,23)/t13-,14?/m0/s1. The number of nitrogens with one attached hydrogen (secondary N) is 1. The van der Waals surface area contributed by atoms with E-state index in [1.54, 1.807) is 17.3 Å². The monoisotopic (exact) mass is 319 g/mol. The van der Waals surface area contributed by atoms with Crippen molar-refractivity contribution >= 4 is 12.0 Å². The van der Waals surface area contributed by atoms with Gasteiger partial charge in [-0.25, -0.2) is 4.79 Å². The highest BCUT2D eigenvalue weighted by Gasteiger charge is 2.41. The fourth-order valence-electron chi connectivity index (χ4n) is 3.32. The van der Waals surface area contributed by atoms with Gasteiger partial charge in [-0.05, 0) is 36.0 Å². The van der Waals surface area contributed by atoms with E-state index in [0.29, 0.717) is 13.1 Å². The Balaban J connectivity index is 2.39. The van der Waals surface area contributed by atoms with Crippen LogP contribution in [0.15, 0.2) is 24.5 Å². The summed E-state index contributed by atoms with van der Waals surface area (Å²) in [6.45, 7) is 7.46. The molecular formula is C17H25N3O3. The maximum atomic E-state index is 12.9. The van der Waals surface area contributed by atoms with Gasteiger partial charge >= 0.3 is 6.09 Å². The summed E-state index contributed by atoms with van der Waals surface area (Å²) >= 11 is 0. The van der Waals surface area contributed by atoms with E-state index < -0.39 is 12.1 Å². The minimum atomic E-state index is -1.18. The molecule has 1 aliphatic rings. The maximum absolute atomic E-state index is 12.9. The summed E-state index contributed by atoms with van der Waals surface area (Å²) in [5.74, 6) is -0.406. The smallest absolute Gasteiger partial charge is 0.405 e. The number of hydrogen-bond acceptors (Lipinski definition) is 3. The molecule has 2 amide bonds. The summed E-state index contributed by atoms with van der Waals surface area (Å²) in [5.41, 5.74) is 0.628. The van der Waals surface area contributed by atoms with Crippen LogP contribution in [0.2, 0.25) is 0 Å². The van der Waals surface area contributed by atoms with Crippen LogP contribution >= 0.6 is 0 Å². The van der Waals surface area contributed by atoms with E-state index in [1.165, 1.54) is 0 Å². The van der Waals surface area contributed by atoms with Crippen LogP contribution in [0.1, 0.15) is 45.1 Å². The molecule has 1 aliphatic heterocycles. The summed E-state index contributed by atoms with van der Waals surface area (Å²) in [6.07, 6.45) is 4.12. The first-order valence-electron chi connectivity index (χ1n) is 7.99. The first-order chi connectivity index (χ1) is 10.8. The highest BCUT2D eigenvalue weighted by molar-refractivity contribution is 5.86. The average molecular weight is 319 g/mol. The van der Waals surface area contributed by atoms with Crippen LogP contribution in [-0.4, -0.2) is 46.1 Å². The van der Waals surface area contributed by atoms with E-state index in [4.69, 9.17) is 0 Å². The van der Waals surface area contributed by atoms with E-state index in [-0.39, 0.29) is 17.2 Å². The normalized spacial score (nSPS) is 17.6.